The number of hydrogen-bond donors (Lipinski definition) is 0. The maximum absolute atomic E-state index is 11.8. The number of carbonyl (C=O) groups is 1. The quantitative estimate of drug-likeness (QED) is 0.571. The van der Waals surface area contributed by atoms with Crippen LogP contribution in [0.3, 0.4) is 0 Å². The molecule has 0 unspecified atom stereocenters. The van der Waals surface area contributed by atoms with Crippen LogP contribution in [-0.4, -0.2) is 5.78 Å². The highest BCUT2D eigenvalue weighted by molar-refractivity contribution is 6.08. The predicted molar refractivity (Wildman–Crippen MR) is 81.3 cm³/mol. The van der Waals surface area contributed by atoms with E-state index in [4.69, 9.17) is 0 Å². The van der Waals surface area contributed by atoms with E-state index in [0.717, 1.165) is 11.1 Å². The van der Waals surface area contributed by atoms with Gasteiger partial charge in [0.2, 0.25) is 0 Å². The Morgan fingerprint density at radius 1 is 0.895 bits per heavy atom. The Bertz CT molecular complexity index is 483. The molecular formula is C18H18O. The Labute approximate surface area is 114 Å². The summed E-state index contributed by atoms with van der Waals surface area (Å²) in [6, 6.07) is 18.6. The van der Waals surface area contributed by atoms with Crippen molar-refractivity contribution in [1.29, 1.82) is 0 Å². The molecule has 96 valence electrons. The minimum atomic E-state index is 0.0752. The standard InChI is InChI=1S/C13H10O.C5H8/c14-13(11-7-3-1-4-8-11)12-9-5-2-6-10-12;1-3-5-4-2/h1-10H;3-5H,1H2,2H3. The molecule has 19 heavy (non-hydrogen) atoms. The molecule has 0 bridgehead atoms. The van der Waals surface area contributed by atoms with Crippen LogP contribution in [0.1, 0.15) is 22.8 Å². The zero-order valence-electron chi connectivity index (χ0n) is 11.1. The van der Waals surface area contributed by atoms with Gasteiger partial charge in [-0.25, -0.2) is 0 Å². The Hall–Kier alpha value is -2.41. The van der Waals surface area contributed by atoms with E-state index in [0.29, 0.717) is 0 Å². The van der Waals surface area contributed by atoms with E-state index in [1.807, 2.05) is 79.7 Å². The summed E-state index contributed by atoms with van der Waals surface area (Å²) in [4.78, 5) is 11.8. The highest BCUT2D eigenvalue weighted by Gasteiger charge is 2.06. The van der Waals surface area contributed by atoms with Crippen molar-refractivity contribution >= 4 is 5.78 Å². The molecule has 0 aliphatic heterocycles. The van der Waals surface area contributed by atoms with E-state index >= 15 is 0 Å². The van der Waals surface area contributed by atoms with Crippen molar-refractivity contribution in [2.45, 2.75) is 6.92 Å². The van der Waals surface area contributed by atoms with Crippen molar-refractivity contribution in [2.75, 3.05) is 0 Å². The lowest BCUT2D eigenvalue weighted by atomic mass is 10.0. The van der Waals surface area contributed by atoms with Crippen LogP contribution in [0.5, 0.6) is 0 Å². The summed E-state index contributed by atoms with van der Waals surface area (Å²) in [7, 11) is 0. The number of carbonyl (C=O) groups excluding carboxylic acids is 1. The van der Waals surface area contributed by atoms with Crippen molar-refractivity contribution < 1.29 is 4.79 Å². The fourth-order valence-electron chi connectivity index (χ4n) is 1.48. The van der Waals surface area contributed by atoms with Gasteiger partial charge in [0.05, 0.1) is 0 Å². The van der Waals surface area contributed by atoms with E-state index in [-0.39, 0.29) is 5.78 Å². The summed E-state index contributed by atoms with van der Waals surface area (Å²) in [5, 5.41) is 0. The summed E-state index contributed by atoms with van der Waals surface area (Å²) in [5.74, 6) is 0.0752. The van der Waals surface area contributed by atoms with E-state index < -0.39 is 0 Å². The van der Waals surface area contributed by atoms with Crippen LogP contribution in [0.4, 0.5) is 0 Å². The van der Waals surface area contributed by atoms with Gasteiger partial charge in [0.25, 0.3) is 0 Å². The van der Waals surface area contributed by atoms with Crippen molar-refractivity contribution in [3.63, 3.8) is 0 Å². The van der Waals surface area contributed by atoms with Gasteiger partial charge in [-0.1, -0.05) is 85.5 Å². The second-order valence-corrected chi connectivity index (χ2v) is 3.82. The number of rotatable bonds is 3. The van der Waals surface area contributed by atoms with Gasteiger partial charge in [-0.3, -0.25) is 4.79 Å². The molecule has 0 atom stereocenters. The Morgan fingerprint density at radius 3 is 1.58 bits per heavy atom. The second-order valence-electron chi connectivity index (χ2n) is 3.82. The smallest absolute Gasteiger partial charge is 0.193 e. The molecule has 2 rings (SSSR count). The lowest BCUT2D eigenvalue weighted by Crippen LogP contribution is -1.99. The largest absolute Gasteiger partial charge is 0.289 e. The van der Waals surface area contributed by atoms with Gasteiger partial charge in [-0.2, -0.15) is 0 Å². The molecule has 1 nitrogen and oxygen atoms in total. The average Bonchev–Trinajstić information content (AvgIpc) is 2.50. The minimum Gasteiger partial charge on any atom is -0.289 e. The monoisotopic (exact) mass is 250 g/mol. The molecule has 0 saturated heterocycles. The predicted octanol–water partition coefficient (Wildman–Crippen LogP) is 4.67. The van der Waals surface area contributed by atoms with Crippen LogP contribution < -0.4 is 0 Å². The van der Waals surface area contributed by atoms with Gasteiger partial charge >= 0.3 is 0 Å². The van der Waals surface area contributed by atoms with Gasteiger partial charge in [0.15, 0.2) is 5.78 Å². The average molecular weight is 250 g/mol. The summed E-state index contributed by atoms with van der Waals surface area (Å²) in [6.45, 7) is 5.42. The maximum atomic E-state index is 11.8. The fraction of sp³-hybridized carbons (Fsp3) is 0.0556. The molecule has 2 aromatic carbocycles. The van der Waals surface area contributed by atoms with E-state index in [2.05, 4.69) is 6.58 Å². The minimum absolute atomic E-state index is 0.0752. The molecule has 0 amide bonds. The first kappa shape index (κ1) is 14.7. The summed E-state index contributed by atoms with van der Waals surface area (Å²) >= 11 is 0. The number of ketones is 1. The van der Waals surface area contributed by atoms with Gasteiger partial charge in [0.1, 0.15) is 0 Å². The van der Waals surface area contributed by atoms with Crippen LogP contribution in [0.2, 0.25) is 0 Å². The third-order valence-corrected chi connectivity index (χ3v) is 2.40. The van der Waals surface area contributed by atoms with Crippen LogP contribution >= 0.6 is 0 Å². The third kappa shape index (κ3) is 5.17. The summed E-state index contributed by atoms with van der Waals surface area (Å²) < 4.78 is 0. The van der Waals surface area contributed by atoms with E-state index in [1.165, 1.54) is 0 Å². The van der Waals surface area contributed by atoms with E-state index in [1.54, 1.807) is 6.08 Å². The van der Waals surface area contributed by atoms with Gasteiger partial charge < -0.3 is 0 Å². The molecule has 1 heteroatoms. The molecule has 0 spiro atoms. The van der Waals surface area contributed by atoms with Gasteiger partial charge in [0, 0.05) is 11.1 Å². The molecule has 0 N–H and O–H groups in total. The van der Waals surface area contributed by atoms with Crippen LogP contribution in [0.15, 0.2) is 85.5 Å². The Balaban J connectivity index is 0.000000312. The first-order chi connectivity index (χ1) is 9.29. The number of hydrogen-bond acceptors (Lipinski definition) is 1. The summed E-state index contributed by atoms with van der Waals surface area (Å²) in [5.41, 5.74) is 1.47. The number of benzene rings is 2. The Morgan fingerprint density at radius 2 is 1.32 bits per heavy atom. The lowest BCUT2D eigenvalue weighted by Gasteiger charge is -1.99. The van der Waals surface area contributed by atoms with Crippen molar-refractivity contribution in [3.05, 3.63) is 96.6 Å². The highest BCUT2D eigenvalue weighted by atomic mass is 16.1. The SMILES string of the molecule is C=CC=CC.O=C(c1ccccc1)c1ccccc1. The summed E-state index contributed by atoms with van der Waals surface area (Å²) in [6.07, 6.45) is 5.58. The van der Waals surface area contributed by atoms with Gasteiger partial charge in [-0.05, 0) is 6.92 Å². The van der Waals surface area contributed by atoms with Crippen LogP contribution in [0, 0.1) is 0 Å². The molecule has 2 aromatic rings. The highest BCUT2D eigenvalue weighted by Crippen LogP contribution is 2.08. The molecule has 0 heterocycles. The molecule has 0 aromatic heterocycles. The zero-order chi connectivity index (χ0) is 13.9. The van der Waals surface area contributed by atoms with Crippen molar-refractivity contribution in [1.82, 2.24) is 0 Å². The molecule has 0 aliphatic carbocycles. The zero-order valence-corrected chi connectivity index (χ0v) is 11.1. The maximum Gasteiger partial charge on any atom is 0.193 e. The van der Waals surface area contributed by atoms with Crippen LogP contribution in [0.25, 0.3) is 0 Å². The molecule has 0 aliphatic rings. The lowest BCUT2D eigenvalue weighted by molar-refractivity contribution is 0.103. The first-order valence-electron chi connectivity index (χ1n) is 6.18. The molecule has 0 saturated carbocycles. The molecule has 0 radical (unpaired) electrons. The van der Waals surface area contributed by atoms with Crippen molar-refractivity contribution in [3.8, 4) is 0 Å². The normalized spacial score (nSPS) is 9.53. The third-order valence-electron chi connectivity index (χ3n) is 2.40. The van der Waals surface area contributed by atoms with Crippen LogP contribution in [-0.2, 0) is 0 Å². The number of allylic oxidation sites excluding steroid dienone is 3. The second kappa shape index (κ2) is 8.65. The Kier molecular flexibility index (Phi) is 6.67. The van der Waals surface area contributed by atoms with Gasteiger partial charge in [-0.15, -0.1) is 0 Å². The molecular weight excluding hydrogens is 232 g/mol. The first-order valence-corrected chi connectivity index (χ1v) is 6.18. The fourth-order valence-corrected chi connectivity index (χ4v) is 1.48. The van der Waals surface area contributed by atoms with Crippen molar-refractivity contribution in [2.24, 2.45) is 0 Å². The van der Waals surface area contributed by atoms with E-state index in [9.17, 15) is 4.79 Å². The molecule has 0 fully saturated rings. The topological polar surface area (TPSA) is 17.1 Å².